The molecule has 1 fully saturated rings. The molecule has 1 amide bonds. The summed E-state index contributed by atoms with van der Waals surface area (Å²) in [5, 5.41) is 0.523. The number of halogens is 1. The molecule has 0 saturated carbocycles. The van der Waals surface area contributed by atoms with E-state index in [-0.39, 0.29) is 12.5 Å². The van der Waals surface area contributed by atoms with Crippen LogP contribution in [0.4, 0.5) is 5.69 Å². The average molecular weight is 345 g/mol. The maximum absolute atomic E-state index is 12.3. The predicted octanol–water partition coefficient (Wildman–Crippen LogP) is 3.38. The topological polar surface area (TPSA) is 32.8 Å². The van der Waals surface area contributed by atoms with Gasteiger partial charge in [-0.3, -0.25) is 4.79 Å². The van der Waals surface area contributed by atoms with Crippen LogP contribution in [0.25, 0.3) is 0 Å². The van der Waals surface area contributed by atoms with Crippen molar-refractivity contribution < 1.29 is 9.53 Å². The summed E-state index contributed by atoms with van der Waals surface area (Å²) in [6, 6.07) is 15.7. The van der Waals surface area contributed by atoms with Crippen molar-refractivity contribution in [2.24, 2.45) is 0 Å². The highest BCUT2D eigenvalue weighted by Gasteiger charge is 2.21. The molecule has 1 aliphatic rings. The van der Waals surface area contributed by atoms with Crippen LogP contribution < -0.4 is 9.64 Å². The smallest absolute Gasteiger partial charge is 0.260 e. The Labute approximate surface area is 147 Å². The summed E-state index contributed by atoms with van der Waals surface area (Å²) < 4.78 is 5.54. The molecule has 0 spiro atoms. The molecule has 0 atom stereocenters. The maximum atomic E-state index is 12.3. The quantitative estimate of drug-likeness (QED) is 0.852. The SMILES string of the molecule is Cc1cccc(N2CCN(C(=O)COc3ccccc3Cl)CC2)c1. The van der Waals surface area contributed by atoms with E-state index in [0.717, 1.165) is 13.1 Å². The van der Waals surface area contributed by atoms with Crippen LogP contribution in [0, 0.1) is 6.92 Å². The fourth-order valence-corrected chi connectivity index (χ4v) is 3.02. The molecule has 0 unspecified atom stereocenters. The number of hydrogen-bond donors (Lipinski definition) is 0. The molecule has 0 aliphatic carbocycles. The van der Waals surface area contributed by atoms with Crippen molar-refractivity contribution in [3.05, 3.63) is 59.1 Å². The van der Waals surface area contributed by atoms with Gasteiger partial charge in [-0.2, -0.15) is 0 Å². The number of carbonyl (C=O) groups is 1. The molecule has 0 aromatic heterocycles. The molecular formula is C19H21ClN2O2. The van der Waals surface area contributed by atoms with Gasteiger partial charge in [-0.25, -0.2) is 0 Å². The lowest BCUT2D eigenvalue weighted by molar-refractivity contribution is -0.133. The first-order chi connectivity index (χ1) is 11.6. The van der Waals surface area contributed by atoms with E-state index in [4.69, 9.17) is 16.3 Å². The third kappa shape index (κ3) is 4.01. The lowest BCUT2D eigenvalue weighted by Crippen LogP contribution is -2.50. The van der Waals surface area contributed by atoms with E-state index in [1.165, 1.54) is 11.3 Å². The molecule has 2 aromatic rings. The number of benzene rings is 2. The van der Waals surface area contributed by atoms with E-state index < -0.39 is 0 Å². The average Bonchev–Trinajstić information content (AvgIpc) is 2.61. The van der Waals surface area contributed by atoms with E-state index in [0.29, 0.717) is 23.9 Å². The Morgan fingerprint density at radius 2 is 1.83 bits per heavy atom. The highest BCUT2D eigenvalue weighted by molar-refractivity contribution is 6.32. The first kappa shape index (κ1) is 16.7. The lowest BCUT2D eigenvalue weighted by atomic mass is 10.2. The van der Waals surface area contributed by atoms with Crippen LogP contribution >= 0.6 is 11.6 Å². The molecule has 0 radical (unpaired) electrons. The Bertz CT molecular complexity index is 712. The fraction of sp³-hybridized carbons (Fsp3) is 0.316. The number of carbonyl (C=O) groups excluding carboxylic acids is 1. The van der Waals surface area contributed by atoms with Crippen LogP contribution in [0.5, 0.6) is 5.75 Å². The molecule has 2 aromatic carbocycles. The summed E-state index contributed by atoms with van der Waals surface area (Å²) >= 11 is 6.04. The molecular weight excluding hydrogens is 324 g/mol. The van der Waals surface area contributed by atoms with Crippen LogP contribution in [0.2, 0.25) is 5.02 Å². The summed E-state index contributed by atoms with van der Waals surface area (Å²) in [6.07, 6.45) is 0. The van der Waals surface area contributed by atoms with Crippen molar-refractivity contribution in [1.82, 2.24) is 4.90 Å². The highest BCUT2D eigenvalue weighted by Crippen LogP contribution is 2.23. The van der Waals surface area contributed by atoms with E-state index in [1.54, 1.807) is 12.1 Å². The lowest BCUT2D eigenvalue weighted by Gasteiger charge is -2.36. The van der Waals surface area contributed by atoms with Gasteiger partial charge in [0.25, 0.3) is 5.91 Å². The first-order valence-electron chi connectivity index (χ1n) is 8.10. The van der Waals surface area contributed by atoms with Gasteiger partial charge in [-0.1, -0.05) is 35.9 Å². The zero-order valence-electron chi connectivity index (χ0n) is 13.7. The Kier molecular flexibility index (Phi) is 5.26. The molecule has 0 N–H and O–H groups in total. The fourth-order valence-electron chi connectivity index (χ4n) is 2.83. The van der Waals surface area contributed by atoms with Gasteiger partial charge in [0.15, 0.2) is 6.61 Å². The highest BCUT2D eigenvalue weighted by atomic mass is 35.5. The van der Waals surface area contributed by atoms with Crippen LogP contribution in [0.15, 0.2) is 48.5 Å². The second-order valence-electron chi connectivity index (χ2n) is 5.93. The molecule has 1 heterocycles. The van der Waals surface area contributed by atoms with E-state index >= 15 is 0 Å². The van der Waals surface area contributed by atoms with Gasteiger partial charge < -0.3 is 14.5 Å². The van der Waals surface area contributed by atoms with Gasteiger partial charge in [0, 0.05) is 31.9 Å². The predicted molar refractivity (Wildman–Crippen MR) is 96.9 cm³/mol. The zero-order valence-corrected chi connectivity index (χ0v) is 14.5. The zero-order chi connectivity index (χ0) is 16.9. The molecule has 1 aliphatic heterocycles. The monoisotopic (exact) mass is 344 g/mol. The second-order valence-corrected chi connectivity index (χ2v) is 6.33. The number of para-hydroxylation sites is 1. The number of aryl methyl sites for hydroxylation is 1. The number of amides is 1. The molecule has 4 nitrogen and oxygen atoms in total. The summed E-state index contributed by atoms with van der Waals surface area (Å²) in [6.45, 7) is 5.20. The summed E-state index contributed by atoms with van der Waals surface area (Å²) in [5.41, 5.74) is 2.47. The molecule has 5 heteroatoms. The third-order valence-corrected chi connectivity index (χ3v) is 4.50. The normalized spacial score (nSPS) is 14.6. The molecule has 0 bridgehead atoms. The Hall–Kier alpha value is -2.20. The second kappa shape index (κ2) is 7.58. The van der Waals surface area contributed by atoms with Gasteiger partial charge in [0.2, 0.25) is 0 Å². The number of hydrogen-bond acceptors (Lipinski definition) is 3. The standard InChI is InChI=1S/C19H21ClN2O2/c1-15-5-4-6-16(13-15)21-9-11-22(12-10-21)19(23)14-24-18-8-3-2-7-17(18)20/h2-8,13H,9-12,14H2,1H3. The van der Waals surface area contributed by atoms with Gasteiger partial charge in [0.1, 0.15) is 5.75 Å². The molecule has 24 heavy (non-hydrogen) atoms. The minimum atomic E-state index is -0.00110. The summed E-state index contributed by atoms with van der Waals surface area (Å²) in [4.78, 5) is 16.5. The van der Waals surface area contributed by atoms with Crippen molar-refractivity contribution in [1.29, 1.82) is 0 Å². The van der Waals surface area contributed by atoms with Crippen molar-refractivity contribution in [2.45, 2.75) is 6.92 Å². The number of ether oxygens (including phenoxy) is 1. The third-order valence-electron chi connectivity index (χ3n) is 4.19. The Balaban J connectivity index is 1.51. The Morgan fingerprint density at radius 1 is 1.08 bits per heavy atom. The first-order valence-corrected chi connectivity index (χ1v) is 8.48. The number of piperazine rings is 1. The molecule has 1 saturated heterocycles. The van der Waals surface area contributed by atoms with Gasteiger partial charge in [0.05, 0.1) is 5.02 Å². The van der Waals surface area contributed by atoms with E-state index in [9.17, 15) is 4.79 Å². The largest absolute Gasteiger partial charge is 0.482 e. The summed E-state index contributed by atoms with van der Waals surface area (Å²) in [7, 11) is 0. The maximum Gasteiger partial charge on any atom is 0.260 e. The van der Waals surface area contributed by atoms with Crippen LogP contribution in [0.1, 0.15) is 5.56 Å². The van der Waals surface area contributed by atoms with E-state index in [2.05, 4.69) is 36.1 Å². The van der Waals surface area contributed by atoms with Gasteiger partial charge in [-0.15, -0.1) is 0 Å². The summed E-state index contributed by atoms with van der Waals surface area (Å²) in [5.74, 6) is 0.546. The minimum absolute atomic E-state index is 0.00110. The minimum Gasteiger partial charge on any atom is -0.482 e. The van der Waals surface area contributed by atoms with Crippen molar-refractivity contribution >= 4 is 23.2 Å². The van der Waals surface area contributed by atoms with Crippen molar-refractivity contribution in [3.63, 3.8) is 0 Å². The molecule has 3 rings (SSSR count). The number of anilines is 1. The van der Waals surface area contributed by atoms with Gasteiger partial charge >= 0.3 is 0 Å². The van der Waals surface area contributed by atoms with Crippen molar-refractivity contribution in [2.75, 3.05) is 37.7 Å². The van der Waals surface area contributed by atoms with Crippen LogP contribution in [0.3, 0.4) is 0 Å². The number of rotatable bonds is 4. The van der Waals surface area contributed by atoms with Crippen molar-refractivity contribution in [3.8, 4) is 5.75 Å². The number of nitrogens with zero attached hydrogens (tertiary/aromatic N) is 2. The Morgan fingerprint density at radius 3 is 2.54 bits per heavy atom. The molecule has 126 valence electrons. The van der Waals surface area contributed by atoms with Crippen LogP contribution in [-0.2, 0) is 4.79 Å². The van der Waals surface area contributed by atoms with E-state index in [1.807, 2.05) is 17.0 Å². The van der Waals surface area contributed by atoms with Gasteiger partial charge in [-0.05, 0) is 36.8 Å². The van der Waals surface area contributed by atoms with Crippen LogP contribution in [-0.4, -0.2) is 43.6 Å².